The van der Waals surface area contributed by atoms with Crippen molar-refractivity contribution in [2.24, 2.45) is 5.73 Å². The van der Waals surface area contributed by atoms with E-state index in [0.29, 0.717) is 51.0 Å². The van der Waals surface area contributed by atoms with Crippen molar-refractivity contribution in [1.29, 1.82) is 0 Å². The van der Waals surface area contributed by atoms with E-state index in [1.807, 2.05) is 13.2 Å². The first-order chi connectivity index (χ1) is 10.5. The predicted molar refractivity (Wildman–Crippen MR) is 87.4 cm³/mol. The van der Waals surface area contributed by atoms with Crippen LogP contribution in [0.25, 0.3) is 0 Å². The van der Waals surface area contributed by atoms with Gasteiger partial charge < -0.3 is 30.2 Å². The molecule has 0 amide bonds. The molecule has 2 unspecified atom stereocenters. The maximum absolute atomic E-state index is 10.6. The highest BCUT2D eigenvalue weighted by Crippen LogP contribution is 2.01. The molecule has 8 heteroatoms. The SMILES string of the molecule is CCOCCOCCOCC(O)C[S+](C)CC[C@H](N)C(=O)O. The summed E-state index contributed by atoms with van der Waals surface area (Å²) in [5.74, 6) is 0.313. The van der Waals surface area contributed by atoms with Gasteiger partial charge in [0.15, 0.2) is 0 Å². The summed E-state index contributed by atoms with van der Waals surface area (Å²) in [6, 6.07) is -0.822. The molecule has 0 aliphatic heterocycles. The van der Waals surface area contributed by atoms with Crippen molar-refractivity contribution in [3.8, 4) is 0 Å². The summed E-state index contributed by atoms with van der Waals surface area (Å²) < 4.78 is 15.7. The first kappa shape index (κ1) is 21.6. The van der Waals surface area contributed by atoms with Gasteiger partial charge in [0.05, 0.1) is 39.3 Å². The van der Waals surface area contributed by atoms with Gasteiger partial charge in [-0.05, 0) is 17.8 Å². The maximum atomic E-state index is 10.6. The summed E-state index contributed by atoms with van der Waals surface area (Å²) in [6.07, 6.45) is 1.88. The number of nitrogens with two attached hydrogens (primary N) is 1. The van der Waals surface area contributed by atoms with Crippen molar-refractivity contribution in [2.45, 2.75) is 25.5 Å². The number of ether oxygens (including phenoxy) is 3. The molecule has 22 heavy (non-hydrogen) atoms. The molecule has 4 N–H and O–H groups in total. The second-order valence-corrected chi connectivity index (χ2v) is 7.23. The smallest absolute Gasteiger partial charge is 0.320 e. The minimum atomic E-state index is -0.981. The van der Waals surface area contributed by atoms with E-state index in [0.717, 1.165) is 0 Å². The fourth-order valence-corrected chi connectivity index (χ4v) is 3.19. The summed E-state index contributed by atoms with van der Waals surface area (Å²) in [5, 5.41) is 18.5. The van der Waals surface area contributed by atoms with E-state index in [9.17, 15) is 9.90 Å². The van der Waals surface area contributed by atoms with Crippen LogP contribution in [0.3, 0.4) is 0 Å². The van der Waals surface area contributed by atoms with Crippen molar-refractivity contribution < 1.29 is 29.2 Å². The van der Waals surface area contributed by atoms with Gasteiger partial charge in [-0.15, -0.1) is 0 Å². The van der Waals surface area contributed by atoms with Crippen molar-refractivity contribution in [2.75, 3.05) is 57.4 Å². The first-order valence-electron chi connectivity index (χ1n) is 7.46. The Bertz CT molecular complexity index is 282. The third-order valence-corrected chi connectivity index (χ3v) is 4.72. The van der Waals surface area contributed by atoms with Crippen molar-refractivity contribution >= 4 is 16.9 Å². The molecule has 0 bridgehead atoms. The van der Waals surface area contributed by atoms with E-state index in [-0.39, 0.29) is 17.5 Å². The molecule has 3 atom stereocenters. The molecular weight excluding hydrogens is 310 g/mol. The van der Waals surface area contributed by atoms with Gasteiger partial charge in [0.25, 0.3) is 0 Å². The Labute approximate surface area is 135 Å². The van der Waals surface area contributed by atoms with Gasteiger partial charge >= 0.3 is 5.97 Å². The molecule has 0 aromatic carbocycles. The van der Waals surface area contributed by atoms with Crippen LogP contribution < -0.4 is 5.73 Å². The lowest BCUT2D eigenvalue weighted by Crippen LogP contribution is -2.34. The molecule has 0 aromatic heterocycles. The lowest BCUT2D eigenvalue weighted by atomic mass is 10.2. The Kier molecular flexibility index (Phi) is 14.0. The highest BCUT2D eigenvalue weighted by Gasteiger charge is 2.21. The van der Waals surface area contributed by atoms with E-state index in [1.54, 1.807) is 0 Å². The zero-order valence-electron chi connectivity index (χ0n) is 13.5. The predicted octanol–water partition coefficient (Wildman–Crippen LogP) is -0.533. The van der Waals surface area contributed by atoms with Crippen LogP contribution in [0.4, 0.5) is 0 Å². The van der Waals surface area contributed by atoms with Gasteiger partial charge in [0.2, 0.25) is 0 Å². The number of aliphatic hydroxyl groups excluding tert-OH is 1. The van der Waals surface area contributed by atoms with Crippen LogP contribution >= 0.6 is 0 Å². The Hall–Kier alpha value is -0.380. The first-order valence-corrected chi connectivity index (χ1v) is 9.43. The van der Waals surface area contributed by atoms with Crippen LogP contribution in [0.15, 0.2) is 0 Å². The normalized spacial score (nSPS) is 15.5. The van der Waals surface area contributed by atoms with Crippen LogP contribution in [0, 0.1) is 0 Å². The molecule has 0 aliphatic rings. The number of hydrogen-bond acceptors (Lipinski definition) is 6. The van der Waals surface area contributed by atoms with E-state index in [2.05, 4.69) is 0 Å². The number of aliphatic carboxylic acids is 1. The van der Waals surface area contributed by atoms with E-state index in [4.69, 9.17) is 25.1 Å². The molecule has 0 aliphatic carbocycles. The quantitative estimate of drug-likeness (QED) is 0.271. The molecule has 0 saturated carbocycles. The Morgan fingerprint density at radius 2 is 1.77 bits per heavy atom. The lowest BCUT2D eigenvalue weighted by molar-refractivity contribution is -0.138. The van der Waals surface area contributed by atoms with Crippen LogP contribution in [-0.2, 0) is 29.9 Å². The van der Waals surface area contributed by atoms with Crippen LogP contribution in [0.5, 0.6) is 0 Å². The summed E-state index contributed by atoms with van der Waals surface area (Å²) in [7, 11) is -0.0710. The average Bonchev–Trinajstić information content (AvgIpc) is 2.47. The fraction of sp³-hybridized carbons (Fsp3) is 0.929. The van der Waals surface area contributed by atoms with E-state index in [1.165, 1.54) is 0 Å². The van der Waals surface area contributed by atoms with Crippen LogP contribution in [0.2, 0.25) is 0 Å². The molecule has 0 heterocycles. The highest BCUT2D eigenvalue weighted by molar-refractivity contribution is 7.96. The zero-order chi connectivity index (χ0) is 16.8. The van der Waals surface area contributed by atoms with Crippen LogP contribution in [-0.4, -0.2) is 85.7 Å². The standard InChI is InChI=1S/C14H29NO6S/c1-3-19-5-6-20-7-8-21-10-12(16)11-22(2)9-4-13(15)14(17)18/h12-13,16H,3-11,15H2,1-2H3/p+1/t12?,13-,22?/m0/s1. The van der Waals surface area contributed by atoms with Crippen molar-refractivity contribution in [3.63, 3.8) is 0 Å². The molecule has 0 fully saturated rings. The third-order valence-electron chi connectivity index (χ3n) is 2.83. The van der Waals surface area contributed by atoms with Gasteiger partial charge in [0, 0.05) is 13.0 Å². The number of rotatable bonds is 15. The number of carbonyl (C=O) groups is 1. The fourth-order valence-electron chi connectivity index (χ4n) is 1.61. The number of hydrogen-bond donors (Lipinski definition) is 3. The van der Waals surface area contributed by atoms with Crippen LogP contribution in [0.1, 0.15) is 13.3 Å². The van der Waals surface area contributed by atoms with Crippen molar-refractivity contribution in [1.82, 2.24) is 0 Å². The topological polar surface area (TPSA) is 111 Å². The Morgan fingerprint density at radius 1 is 1.18 bits per heavy atom. The van der Waals surface area contributed by atoms with Gasteiger partial charge in [0.1, 0.15) is 23.7 Å². The van der Waals surface area contributed by atoms with Gasteiger partial charge in [-0.2, -0.15) is 0 Å². The second-order valence-electron chi connectivity index (χ2n) is 4.92. The summed E-state index contributed by atoms with van der Waals surface area (Å²) in [4.78, 5) is 10.6. The minimum Gasteiger partial charge on any atom is -0.480 e. The Balaban J connectivity index is 3.48. The van der Waals surface area contributed by atoms with E-state index < -0.39 is 18.1 Å². The molecule has 132 valence electrons. The number of carboxylic acid groups (broad SMARTS) is 1. The molecule has 0 spiro atoms. The molecule has 0 radical (unpaired) electrons. The molecule has 7 nitrogen and oxygen atoms in total. The minimum absolute atomic E-state index is 0.0710. The molecule has 0 saturated heterocycles. The second kappa shape index (κ2) is 14.2. The Morgan fingerprint density at radius 3 is 2.36 bits per heavy atom. The largest absolute Gasteiger partial charge is 0.480 e. The molecule has 0 aromatic rings. The molecular formula is C14H30NO6S+. The van der Waals surface area contributed by atoms with Gasteiger partial charge in [-0.1, -0.05) is 0 Å². The summed E-state index contributed by atoms with van der Waals surface area (Å²) in [6.45, 7) is 4.91. The monoisotopic (exact) mass is 340 g/mol. The van der Waals surface area contributed by atoms with Gasteiger partial charge in [-0.3, -0.25) is 4.79 Å². The third kappa shape index (κ3) is 13.3. The summed E-state index contributed by atoms with van der Waals surface area (Å²) in [5.41, 5.74) is 5.45. The average molecular weight is 340 g/mol. The highest BCUT2D eigenvalue weighted by atomic mass is 32.2. The van der Waals surface area contributed by atoms with Crippen molar-refractivity contribution in [3.05, 3.63) is 0 Å². The lowest BCUT2D eigenvalue weighted by Gasteiger charge is -2.12. The zero-order valence-corrected chi connectivity index (χ0v) is 14.3. The van der Waals surface area contributed by atoms with Gasteiger partial charge in [-0.25, -0.2) is 0 Å². The summed E-state index contributed by atoms with van der Waals surface area (Å²) >= 11 is 0. The van der Waals surface area contributed by atoms with E-state index >= 15 is 0 Å². The molecule has 0 rings (SSSR count). The maximum Gasteiger partial charge on any atom is 0.320 e. The number of aliphatic hydroxyl groups is 1. The number of carboxylic acids is 1.